The molecule has 2 aromatic rings. The summed E-state index contributed by atoms with van der Waals surface area (Å²) in [4.78, 5) is 30.1. The van der Waals surface area contributed by atoms with Gasteiger partial charge in [0, 0.05) is 43.8 Å². The maximum atomic E-state index is 13.4. The van der Waals surface area contributed by atoms with E-state index in [1.807, 2.05) is 48.2 Å². The number of amides is 2. The van der Waals surface area contributed by atoms with Crippen LogP contribution < -0.4 is 10.2 Å². The lowest BCUT2D eigenvalue weighted by molar-refractivity contribution is -0.125. The van der Waals surface area contributed by atoms with Gasteiger partial charge in [0.2, 0.25) is 5.91 Å². The van der Waals surface area contributed by atoms with E-state index >= 15 is 0 Å². The first-order valence-electron chi connectivity index (χ1n) is 12.1. The summed E-state index contributed by atoms with van der Waals surface area (Å²) < 4.78 is 0. The average Bonchev–Trinajstić information content (AvgIpc) is 3.39. The number of benzene rings is 2. The minimum atomic E-state index is 0.0728. The minimum absolute atomic E-state index is 0.0728. The van der Waals surface area contributed by atoms with Gasteiger partial charge >= 0.3 is 0 Å². The number of para-hydroxylation sites is 1. The zero-order chi connectivity index (χ0) is 22.3. The van der Waals surface area contributed by atoms with E-state index in [9.17, 15) is 9.59 Å². The Bertz CT molecular complexity index is 900. The van der Waals surface area contributed by atoms with Gasteiger partial charge < -0.3 is 15.1 Å². The van der Waals surface area contributed by atoms with Crippen LogP contribution in [-0.4, -0.2) is 42.4 Å². The number of anilines is 1. The molecule has 0 atom stereocenters. The topological polar surface area (TPSA) is 52.7 Å². The number of hydrogen-bond donors (Lipinski definition) is 1. The molecule has 1 aliphatic heterocycles. The van der Waals surface area contributed by atoms with Crippen molar-refractivity contribution in [3.63, 3.8) is 0 Å². The smallest absolute Gasteiger partial charge is 0.256 e. The van der Waals surface area contributed by atoms with E-state index in [4.69, 9.17) is 0 Å². The van der Waals surface area contributed by atoms with Crippen molar-refractivity contribution in [3.8, 4) is 0 Å². The molecule has 2 aliphatic rings. The van der Waals surface area contributed by atoms with E-state index in [1.165, 1.54) is 12.8 Å². The van der Waals surface area contributed by atoms with Gasteiger partial charge in [0.25, 0.3) is 5.91 Å². The predicted octanol–water partition coefficient (Wildman–Crippen LogP) is 4.62. The van der Waals surface area contributed by atoms with E-state index in [-0.39, 0.29) is 23.8 Å². The Labute approximate surface area is 191 Å². The lowest BCUT2D eigenvalue weighted by atomic mass is 10.0. The van der Waals surface area contributed by atoms with E-state index in [2.05, 4.69) is 28.4 Å². The van der Waals surface area contributed by atoms with Crippen LogP contribution in [0.4, 0.5) is 5.69 Å². The molecule has 1 saturated heterocycles. The average molecular weight is 434 g/mol. The van der Waals surface area contributed by atoms with Crippen LogP contribution in [-0.2, 0) is 11.3 Å². The van der Waals surface area contributed by atoms with Crippen molar-refractivity contribution in [2.24, 2.45) is 5.92 Å². The predicted molar refractivity (Wildman–Crippen MR) is 129 cm³/mol. The molecule has 0 unspecified atom stereocenters. The molecular weight excluding hydrogens is 398 g/mol. The summed E-state index contributed by atoms with van der Waals surface area (Å²) in [5.41, 5.74) is 2.90. The molecule has 4 rings (SSSR count). The number of nitrogens with zero attached hydrogens (tertiary/aromatic N) is 2. The molecule has 2 aromatic carbocycles. The van der Waals surface area contributed by atoms with Crippen LogP contribution in [0.25, 0.3) is 0 Å². The van der Waals surface area contributed by atoms with Crippen molar-refractivity contribution in [1.82, 2.24) is 10.2 Å². The lowest BCUT2D eigenvalue weighted by Crippen LogP contribution is -2.46. The van der Waals surface area contributed by atoms with Gasteiger partial charge in [-0.15, -0.1) is 0 Å². The van der Waals surface area contributed by atoms with Crippen LogP contribution in [0.2, 0.25) is 0 Å². The highest BCUT2D eigenvalue weighted by Crippen LogP contribution is 2.28. The molecule has 1 N–H and O–H groups in total. The van der Waals surface area contributed by atoms with Gasteiger partial charge in [0.15, 0.2) is 0 Å². The van der Waals surface area contributed by atoms with Gasteiger partial charge in [-0.05, 0) is 50.3 Å². The first kappa shape index (κ1) is 22.4. The highest BCUT2D eigenvalue weighted by atomic mass is 16.2. The zero-order valence-corrected chi connectivity index (χ0v) is 19.1. The van der Waals surface area contributed by atoms with Crippen LogP contribution in [0.15, 0.2) is 54.6 Å². The van der Waals surface area contributed by atoms with Crippen molar-refractivity contribution in [2.45, 2.75) is 58.0 Å². The molecule has 5 heteroatoms. The van der Waals surface area contributed by atoms with Crippen LogP contribution in [0.5, 0.6) is 0 Å². The van der Waals surface area contributed by atoms with Gasteiger partial charge in [-0.3, -0.25) is 9.59 Å². The van der Waals surface area contributed by atoms with Crippen molar-refractivity contribution < 1.29 is 9.59 Å². The number of carbonyl (C=O) groups excluding carboxylic acids is 2. The van der Waals surface area contributed by atoms with E-state index in [1.54, 1.807) is 0 Å². The van der Waals surface area contributed by atoms with Crippen LogP contribution in [0, 0.1) is 5.92 Å². The standard InChI is InChI=1S/C27H35N3O2/c1-2-29(20-21-10-4-3-5-11-21)27(32)24-14-8-9-15-25(24)30-18-16-23(17-19-30)28-26(31)22-12-6-7-13-22/h3-5,8-11,14-15,22-23H,2,6-7,12-13,16-20H2,1H3,(H,28,31). The monoisotopic (exact) mass is 433 g/mol. The summed E-state index contributed by atoms with van der Waals surface area (Å²) in [5, 5.41) is 3.28. The fourth-order valence-electron chi connectivity index (χ4n) is 5.00. The fraction of sp³-hybridized carbons (Fsp3) is 0.481. The summed E-state index contributed by atoms with van der Waals surface area (Å²) in [7, 11) is 0. The molecule has 2 amide bonds. The quantitative estimate of drug-likeness (QED) is 0.693. The maximum absolute atomic E-state index is 13.4. The Balaban J connectivity index is 1.40. The first-order valence-corrected chi connectivity index (χ1v) is 12.1. The molecule has 0 bridgehead atoms. The van der Waals surface area contributed by atoms with Gasteiger partial charge in [-0.2, -0.15) is 0 Å². The third kappa shape index (κ3) is 5.32. The van der Waals surface area contributed by atoms with Gasteiger partial charge in [-0.1, -0.05) is 55.3 Å². The fourth-order valence-corrected chi connectivity index (χ4v) is 5.00. The van der Waals surface area contributed by atoms with E-state index in [0.29, 0.717) is 13.1 Å². The number of hydrogen-bond acceptors (Lipinski definition) is 3. The van der Waals surface area contributed by atoms with Crippen molar-refractivity contribution in [2.75, 3.05) is 24.5 Å². The second kappa shape index (κ2) is 10.7. The van der Waals surface area contributed by atoms with Crippen molar-refractivity contribution in [3.05, 3.63) is 65.7 Å². The summed E-state index contributed by atoms with van der Waals surface area (Å²) in [6.07, 6.45) is 6.28. The molecule has 32 heavy (non-hydrogen) atoms. The number of carbonyl (C=O) groups is 2. The molecule has 0 spiro atoms. The van der Waals surface area contributed by atoms with Gasteiger partial charge in [0.1, 0.15) is 0 Å². The third-order valence-electron chi connectivity index (χ3n) is 6.93. The normalized spacial score (nSPS) is 17.3. The Kier molecular flexibility index (Phi) is 7.46. The number of nitrogens with one attached hydrogen (secondary N) is 1. The van der Waals surface area contributed by atoms with E-state index in [0.717, 1.165) is 55.6 Å². The summed E-state index contributed by atoms with van der Waals surface area (Å²) >= 11 is 0. The summed E-state index contributed by atoms with van der Waals surface area (Å²) in [6.45, 7) is 5.01. The lowest BCUT2D eigenvalue weighted by Gasteiger charge is -2.35. The Morgan fingerprint density at radius 2 is 1.59 bits per heavy atom. The van der Waals surface area contributed by atoms with E-state index < -0.39 is 0 Å². The number of piperidine rings is 1. The molecule has 5 nitrogen and oxygen atoms in total. The zero-order valence-electron chi connectivity index (χ0n) is 19.1. The molecular formula is C27H35N3O2. The highest BCUT2D eigenvalue weighted by Gasteiger charge is 2.28. The second-order valence-electron chi connectivity index (χ2n) is 9.07. The Morgan fingerprint density at radius 1 is 0.938 bits per heavy atom. The maximum Gasteiger partial charge on any atom is 0.256 e. The van der Waals surface area contributed by atoms with Crippen LogP contribution >= 0.6 is 0 Å². The van der Waals surface area contributed by atoms with Gasteiger partial charge in [0.05, 0.1) is 5.56 Å². The molecule has 2 fully saturated rings. The van der Waals surface area contributed by atoms with Gasteiger partial charge in [-0.25, -0.2) is 0 Å². The highest BCUT2D eigenvalue weighted by molar-refractivity contribution is 5.99. The third-order valence-corrected chi connectivity index (χ3v) is 6.93. The Morgan fingerprint density at radius 3 is 2.28 bits per heavy atom. The Hall–Kier alpha value is -2.82. The molecule has 0 radical (unpaired) electrons. The van der Waals surface area contributed by atoms with Crippen molar-refractivity contribution >= 4 is 17.5 Å². The first-order chi connectivity index (χ1) is 15.7. The van der Waals surface area contributed by atoms with Crippen LogP contribution in [0.1, 0.15) is 61.4 Å². The van der Waals surface area contributed by atoms with Crippen molar-refractivity contribution in [1.29, 1.82) is 0 Å². The largest absolute Gasteiger partial charge is 0.371 e. The molecule has 0 aromatic heterocycles. The summed E-state index contributed by atoms with van der Waals surface area (Å²) in [6, 6.07) is 18.3. The summed E-state index contributed by atoms with van der Waals surface area (Å²) in [5.74, 6) is 0.538. The number of rotatable bonds is 7. The minimum Gasteiger partial charge on any atom is -0.371 e. The molecule has 170 valence electrons. The van der Waals surface area contributed by atoms with Crippen LogP contribution in [0.3, 0.4) is 0 Å². The second-order valence-corrected chi connectivity index (χ2v) is 9.07. The molecule has 1 aliphatic carbocycles. The molecule has 1 heterocycles. The SMILES string of the molecule is CCN(Cc1ccccc1)C(=O)c1ccccc1N1CCC(NC(=O)C2CCCC2)CC1. The molecule has 1 saturated carbocycles.